The van der Waals surface area contributed by atoms with Gasteiger partial charge in [0.2, 0.25) is 5.95 Å². The fourth-order valence-electron chi connectivity index (χ4n) is 2.84. The minimum absolute atomic E-state index is 0.0571. The van der Waals surface area contributed by atoms with E-state index in [2.05, 4.69) is 25.3 Å². The Balaban J connectivity index is 1.90. The molecule has 1 aromatic heterocycles. The quantitative estimate of drug-likeness (QED) is 0.316. The van der Waals surface area contributed by atoms with Gasteiger partial charge < -0.3 is 20.5 Å². The summed E-state index contributed by atoms with van der Waals surface area (Å²) < 4.78 is 41.8. The van der Waals surface area contributed by atoms with Crippen molar-refractivity contribution in [2.45, 2.75) is 25.9 Å². The Morgan fingerprint density at radius 3 is 2.61 bits per heavy atom. The van der Waals surface area contributed by atoms with Gasteiger partial charge in [-0.05, 0) is 24.6 Å². The second-order valence-corrected chi connectivity index (χ2v) is 7.05. The Bertz CT molecular complexity index is 1130. The largest absolute Gasteiger partial charge is 0.573 e. The average molecular weight is 463 g/mol. The molecule has 0 amide bonds. The van der Waals surface area contributed by atoms with E-state index in [9.17, 15) is 28.4 Å². The van der Waals surface area contributed by atoms with Gasteiger partial charge in [-0.2, -0.15) is 4.98 Å². The van der Waals surface area contributed by atoms with Crippen molar-refractivity contribution in [2.75, 3.05) is 17.2 Å². The molecule has 0 unspecified atom stereocenters. The zero-order valence-corrected chi connectivity index (χ0v) is 17.3. The molecule has 2 aromatic carbocycles. The van der Waals surface area contributed by atoms with Crippen molar-refractivity contribution in [2.24, 2.45) is 0 Å². The van der Waals surface area contributed by atoms with Crippen molar-refractivity contribution in [3.05, 3.63) is 70.3 Å². The number of aliphatic hydroxyl groups is 1. The van der Waals surface area contributed by atoms with Gasteiger partial charge in [-0.1, -0.05) is 24.3 Å². The summed E-state index contributed by atoms with van der Waals surface area (Å²) in [4.78, 5) is 19.1. The Morgan fingerprint density at radius 2 is 1.91 bits per heavy atom. The fraction of sp³-hybridized carbons (Fsp3) is 0.238. The fourth-order valence-corrected chi connectivity index (χ4v) is 2.84. The highest BCUT2D eigenvalue weighted by atomic mass is 19.4. The van der Waals surface area contributed by atoms with Crippen LogP contribution in [-0.2, 0) is 6.54 Å². The average Bonchev–Trinajstić information content (AvgIpc) is 2.76. The van der Waals surface area contributed by atoms with E-state index in [1.165, 1.54) is 36.4 Å². The lowest BCUT2D eigenvalue weighted by Gasteiger charge is -2.15. The van der Waals surface area contributed by atoms with Crippen LogP contribution in [0, 0.1) is 10.1 Å². The smallest absolute Gasteiger partial charge is 0.406 e. The number of hydrogen-bond donors (Lipinski definition) is 3. The first-order chi connectivity index (χ1) is 15.6. The van der Waals surface area contributed by atoms with Crippen LogP contribution in [0.4, 0.5) is 30.6 Å². The molecular formula is C21H20F3N5O4. The SMILES string of the molecule is C[C@@H](CO)Nc1nc(NCc2cccc([N+](=O)[O-])c2)cc(-c2cccc(OC(F)(F)F)c2)n1. The molecule has 3 rings (SSSR count). The van der Waals surface area contributed by atoms with Crippen molar-refractivity contribution in [3.8, 4) is 17.0 Å². The van der Waals surface area contributed by atoms with Crippen LogP contribution in [0.5, 0.6) is 5.75 Å². The Morgan fingerprint density at radius 1 is 1.15 bits per heavy atom. The van der Waals surface area contributed by atoms with Gasteiger partial charge in [0.1, 0.15) is 11.6 Å². The molecule has 0 aliphatic carbocycles. The van der Waals surface area contributed by atoms with E-state index in [-0.39, 0.29) is 30.8 Å². The summed E-state index contributed by atoms with van der Waals surface area (Å²) in [5, 5.41) is 26.2. The van der Waals surface area contributed by atoms with Crippen LogP contribution >= 0.6 is 0 Å². The first-order valence-corrected chi connectivity index (χ1v) is 9.73. The number of hydrogen-bond acceptors (Lipinski definition) is 8. The molecule has 1 heterocycles. The maximum atomic E-state index is 12.6. The number of anilines is 2. The monoisotopic (exact) mass is 463 g/mol. The standard InChI is InChI=1S/C21H20F3N5O4/c1-13(12-30)26-20-27-18(15-5-3-7-17(9-15)33-21(22,23)24)10-19(28-20)25-11-14-4-2-6-16(8-14)29(31)32/h2-10,13,30H,11-12H2,1H3,(H2,25,26,27,28)/t13-/m0/s1. The zero-order valence-electron chi connectivity index (χ0n) is 17.3. The maximum absolute atomic E-state index is 12.6. The molecule has 0 aliphatic heterocycles. The number of nitrogens with one attached hydrogen (secondary N) is 2. The van der Waals surface area contributed by atoms with Crippen molar-refractivity contribution >= 4 is 17.5 Å². The van der Waals surface area contributed by atoms with Crippen molar-refractivity contribution in [1.82, 2.24) is 9.97 Å². The third-order valence-electron chi connectivity index (χ3n) is 4.33. The van der Waals surface area contributed by atoms with Crippen molar-refractivity contribution < 1.29 is 27.9 Å². The van der Waals surface area contributed by atoms with Crippen molar-refractivity contribution in [3.63, 3.8) is 0 Å². The lowest BCUT2D eigenvalue weighted by atomic mass is 10.1. The van der Waals surface area contributed by atoms with Crippen molar-refractivity contribution in [1.29, 1.82) is 0 Å². The van der Waals surface area contributed by atoms with Gasteiger partial charge in [0.25, 0.3) is 5.69 Å². The molecule has 0 radical (unpaired) electrons. The second kappa shape index (κ2) is 10.1. The number of rotatable bonds is 9. The molecule has 0 aliphatic rings. The summed E-state index contributed by atoms with van der Waals surface area (Å²) >= 11 is 0. The van der Waals surface area contributed by atoms with Crippen LogP contribution in [-0.4, -0.2) is 39.0 Å². The Labute approximate surface area is 186 Å². The molecule has 33 heavy (non-hydrogen) atoms. The third-order valence-corrected chi connectivity index (χ3v) is 4.33. The summed E-state index contributed by atoms with van der Waals surface area (Å²) in [5.41, 5.74) is 1.21. The minimum Gasteiger partial charge on any atom is -0.406 e. The number of nitro benzene ring substituents is 1. The lowest BCUT2D eigenvalue weighted by Crippen LogP contribution is -2.21. The summed E-state index contributed by atoms with van der Waals surface area (Å²) in [6.45, 7) is 1.70. The van der Waals surface area contributed by atoms with E-state index >= 15 is 0 Å². The molecule has 0 bridgehead atoms. The molecule has 174 valence electrons. The first-order valence-electron chi connectivity index (χ1n) is 9.73. The highest BCUT2D eigenvalue weighted by Gasteiger charge is 2.31. The van der Waals surface area contributed by atoms with Crippen LogP contribution in [0.3, 0.4) is 0 Å². The summed E-state index contributed by atoms with van der Waals surface area (Å²) in [7, 11) is 0. The van der Waals surface area contributed by atoms with Crippen LogP contribution < -0.4 is 15.4 Å². The van der Waals surface area contributed by atoms with Crippen LogP contribution in [0.1, 0.15) is 12.5 Å². The van der Waals surface area contributed by atoms with E-state index in [0.29, 0.717) is 22.6 Å². The van der Waals surface area contributed by atoms with Gasteiger partial charge in [-0.3, -0.25) is 10.1 Å². The van der Waals surface area contributed by atoms with E-state index in [1.807, 2.05) is 0 Å². The lowest BCUT2D eigenvalue weighted by molar-refractivity contribution is -0.384. The van der Waals surface area contributed by atoms with E-state index in [0.717, 1.165) is 0 Å². The molecule has 0 saturated heterocycles. The molecule has 0 spiro atoms. The zero-order chi connectivity index (χ0) is 24.0. The van der Waals surface area contributed by atoms with Gasteiger partial charge in [-0.25, -0.2) is 4.98 Å². The van der Waals surface area contributed by atoms with Gasteiger partial charge in [-0.15, -0.1) is 13.2 Å². The number of halogens is 3. The molecule has 0 fully saturated rings. The molecule has 12 heteroatoms. The predicted octanol–water partition coefficient (Wildman–Crippen LogP) is 4.36. The number of aromatic nitrogens is 2. The molecule has 0 saturated carbocycles. The van der Waals surface area contributed by atoms with Gasteiger partial charge in [0, 0.05) is 36.3 Å². The summed E-state index contributed by atoms with van der Waals surface area (Å²) in [6.07, 6.45) is -4.83. The van der Waals surface area contributed by atoms with E-state index < -0.39 is 17.0 Å². The number of aliphatic hydroxyl groups excluding tert-OH is 1. The summed E-state index contributed by atoms with van der Waals surface area (Å²) in [6, 6.07) is 12.5. The minimum atomic E-state index is -4.83. The van der Waals surface area contributed by atoms with Crippen LogP contribution in [0.15, 0.2) is 54.6 Å². The van der Waals surface area contributed by atoms with Gasteiger partial charge in [0.15, 0.2) is 0 Å². The summed E-state index contributed by atoms with van der Waals surface area (Å²) in [5.74, 6) is 0.0574. The number of benzene rings is 2. The third kappa shape index (κ3) is 7.04. The van der Waals surface area contributed by atoms with Crippen LogP contribution in [0.2, 0.25) is 0 Å². The number of nitro groups is 1. The number of nitrogens with zero attached hydrogens (tertiary/aromatic N) is 3. The molecular weight excluding hydrogens is 443 g/mol. The maximum Gasteiger partial charge on any atom is 0.573 e. The Hall–Kier alpha value is -3.93. The molecule has 9 nitrogen and oxygen atoms in total. The van der Waals surface area contributed by atoms with Crippen LogP contribution in [0.25, 0.3) is 11.3 Å². The Kier molecular flexibility index (Phi) is 7.28. The topological polar surface area (TPSA) is 122 Å². The predicted molar refractivity (Wildman–Crippen MR) is 115 cm³/mol. The molecule has 3 N–H and O–H groups in total. The number of non-ortho nitro benzene ring substituents is 1. The number of alkyl halides is 3. The highest BCUT2D eigenvalue weighted by molar-refractivity contribution is 5.66. The van der Waals surface area contributed by atoms with Gasteiger partial charge in [0.05, 0.1) is 17.2 Å². The molecule has 3 aromatic rings. The molecule has 1 atom stereocenters. The highest BCUT2D eigenvalue weighted by Crippen LogP contribution is 2.29. The van der Waals surface area contributed by atoms with E-state index in [1.54, 1.807) is 25.1 Å². The van der Waals surface area contributed by atoms with Gasteiger partial charge >= 0.3 is 6.36 Å². The number of ether oxygens (including phenoxy) is 1. The van der Waals surface area contributed by atoms with E-state index in [4.69, 9.17) is 0 Å². The second-order valence-electron chi connectivity index (χ2n) is 7.05. The normalized spacial score (nSPS) is 12.2. The first kappa shape index (κ1) is 23.7.